The highest BCUT2D eigenvalue weighted by atomic mass is 127. The maximum Gasteiger partial charge on any atom is 0.188 e. The third-order valence-electron chi connectivity index (χ3n) is 2.54. The molecule has 0 unspecified atom stereocenters. The van der Waals surface area contributed by atoms with Gasteiger partial charge in [0, 0.05) is 26.8 Å². The predicted molar refractivity (Wildman–Crippen MR) is 92.2 cm³/mol. The van der Waals surface area contributed by atoms with E-state index in [0.717, 1.165) is 30.8 Å². The van der Waals surface area contributed by atoms with Crippen LogP contribution in [0.5, 0.6) is 0 Å². The van der Waals surface area contributed by atoms with E-state index >= 15 is 0 Å². The van der Waals surface area contributed by atoms with Gasteiger partial charge in [0.1, 0.15) is 5.82 Å². The molecule has 5 nitrogen and oxygen atoms in total. The zero-order valence-corrected chi connectivity index (χ0v) is 14.2. The van der Waals surface area contributed by atoms with Crippen LogP contribution in [0.3, 0.4) is 0 Å². The van der Waals surface area contributed by atoms with E-state index < -0.39 is 0 Å². The van der Waals surface area contributed by atoms with E-state index in [4.69, 9.17) is 5.73 Å². The Morgan fingerprint density at radius 3 is 2.84 bits per heavy atom. The first-order valence-corrected chi connectivity index (χ1v) is 6.29. The largest absolute Gasteiger partial charge is 0.370 e. The quantitative estimate of drug-likeness (QED) is 0.344. The first-order valence-electron chi connectivity index (χ1n) is 6.29. The van der Waals surface area contributed by atoms with Crippen molar-refractivity contribution in [3.05, 3.63) is 23.9 Å². The molecule has 0 amide bonds. The van der Waals surface area contributed by atoms with Crippen LogP contribution in [0, 0.1) is 0 Å². The number of nitrogens with zero attached hydrogens (tertiary/aromatic N) is 3. The molecular formula is C13H24IN5. The third-order valence-corrected chi connectivity index (χ3v) is 2.54. The number of guanidine groups is 1. The highest BCUT2D eigenvalue weighted by molar-refractivity contribution is 14.0. The van der Waals surface area contributed by atoms with Crippen LogP contribution in [-0.4, -0.2) is 31.6 Å². The number of unbranched alkanes of at least 4 members (excludes halogenated alkanes) is 1. The van der Waals surface area contributed by atoms with Gasteiger partial charge in [-0.1, -0.05) is 13.3 Å². The molecule has 0 saturated carbocycles. The molecule has 0 fully saturated rings. The molecule has 3 N–H and O–H groups in total. The maximum atomic E-state index is 5.77. The number of nitrogens with one attached hydrogen (secondary N) is 1. The molecule has 0 atom stereocenters. The van der Waals surface area contributed by atoms with Gasteiger partial charge in [0.15, 0.2) is 5.96 Å². The maximum absolute atomic E-state index is 5.77. The highest BCUT2D eigenvalue weighted by Gasteiger charge is 1.99. The molecule has 0 aliphatic rings. The molecule has 0 saturated heterocycles. The number of nitrogens with two attached hydrogens (primary N) is 1. The summed E-state index contributed by atoms with van der Waals surface area (Å²) in [5.74, 6) is 1.44. The van der Waals surface area contributed by atoms with Crippen LogP contribution in [-0.2, 0) is 6.54 Å². The molecule has 0 radical (unpaired) electrons. The molecule has 0 aliphatic heterocycles. The van der Waals surface area contributed by atoms with Gasteiger partial charge in [0.05, 0.1) is 6.54 Å². The van der Waals surface area contributed by atoms with E-state index in [1.165, 1.54) is 0 Å². The fourth-order valence-electron chi connectivity index (χ4n) is 1.43. The molecule has 1 rings (SSSR count). The summed E-state index contributed by atoms with van der Waals surface area (Å²) in [5.41, 5.74) is 6.88. The Kier molecular flexibility index (Phi) is 9.28. The van der Waals surface area contributed by atoms with Crippen molar-refractivity contribution in [2.75, 3.05) is 25.5 Å². The fraction of sp³-hybridized carbons (Fsp3) is 0.538. The monoisotopic (exact) mass is 377 g/mol. The van der Waals surface area contributed by atoms with E-state index in [2.05, 4.69) is 22.2 Å². The molecule has 0 bridgehead atoms. The van der Waals surface area contributed by atoms with Crippen molar-refractivity contribution in [1.82, 2.24) is 10.3 Å². The van der Waals surface area contributed by atoms with Crippen molar-refractivity contribution in [2.45, 2.75) is 26.3 Å². The molecular weight excluding hydrogens is 353 g/mol. The van der Waals surface area contributed by atoms with Gasteiger partial charge >= 0.3 is 0 Å². The molecule has 19 heavy (non-hydrogen) atoms. The minimum atomic E-state index is 0. The normalized spacial score (nSPS) is 10.8. The Morgan fingerprint density at radius 2 is 2.21 bits per heavy atom. The average molecular weight is 377 g/mol. The zero-order chi connectivity index (χ0) is 13.4. The highest BCUT2D eigenvalue weighted by Crippen LogP contribution is 2.10. The van der Waals surface area contributed by atoms with Gasteiger partial charge in [0.25, 0.3) is 0 Å². The van der Waals surface area contributed by atoms with Crippen molar-refractivity contribution < 1.29 is 0 Å². The van der Waals surface area contributed by atoms with Crippen molar-refractivity contribution in [1.29, 1.82) is 0 Å². The van der Waals surface area contributed by atoms with Gasteiger partial charge < -0.3 is 16.0 Å². The van der Waals surface area contributed by atoms with Crippen LogP contribution < -0.4 is 16.0 Å². The topological polar surface area (TPSA) is 66.5 Å². The van der Waals surface area contributed by atoms with Crippen LogP contribution in [0.4, 0.5) is 5.82 Å². The smallest absolute Gasteiger partial charge is 0.188 e. The Hall–Kier alpha value is -1.05. The summed E-state index contributed by atoms with van der Waals surface area (Å²) >= 11 is 0. The van der Waals surface area contributed by atoms with Crippen LogP contribution in [0.25, 0.3) is 0 Å². The minimum Gasteiger partial charge on any atom is -0.370 e. The van der Waals surface area contributed by atoms with Crippen LogP contribution >= 0.6 is 24.0 Å². The summed E-state index contributed by atoms with van der Waals surface area (Å²) in [6, 6.07) is 3.97. The zero-order valence-electron chi connectivity index (χ0n) is 11.9. The first kappa shape index (κ1) is 17.9. The van der Waals surface area contributed by atoms with E-state index in [0.29, 0.717) is 12.5 Å². The molecule has 0 aliphatic carbocycles. The summed E-state index contributed by atoms with van der Waals surface area (Å²) in [5, 5.41) is 3.09. The molecule has 1 aromatic heterocycles. The number of pyridine rings is 1. The molecule has 1 aromatic rings. The van der Waals surface area contributed by atoms with Gasteiger partial charge in [-0.2, -0.15) is 0 Å². The number of anilines is 1. The van der Waals surface area contributed by atoms with E-state index in [1.807, 2.05) is 31.1 Å². The molecule has 1 heterocycles. The number of aromatic nitrogens is 1. The van der Waals surface area contributed by atoms with Crippen LogP contribution in [0.1, 0.15) is 25.3 Å². The number of aliphatic imine (C=N–C) groups is 1. The molecule has 0 aromatic carbocycles. The van der Waals surface area contributed by atoms with Crippen molar-refractivity contribution >= 4 is 35.8 Å². The second-order valence-corrected chi connectivity index (χ2v) is 4.40. The first-order chi connectivity index (χ1) is 8.63. The van der Waals surface area contributed by atoms with Crippen LogP contribution in [0.15, 0.2) is 23.3 Å². The predicted octanol–water partition coefficient (Wildman–Crippen LogP) is 1.97. The van der Waals surface area contributed by atoms with Gasteiger partial charge in [-0.25, -0.2) is 9.98 Å². The lowest BCUT2D eigenvalue weighted by Crippen LogP contribution is -2.32. The Morgan fingerprint density at radius 1 is 1.47 bits per heavy atom. The van der Waals surface area contributed by atoms with E-state index in [-0.39, 0.29) is 24.0 Å². The summed E-state index contributed by atoms with van der Waals surface area (Å²) in [7, 11) is 3.94. The van der Waals surface area contributed by atoms with Crippen molar-refractivity contribution in [3.63, 3.8) is 0 Å². The van der Waals surface area contributed by atoms with Crippen LogP contribution in [0.2, 0.25) is 0 Å². The van der Waals surface area contributed by atoms with Crippen molar-refractivity contribution in [2.24, 2.45) is 10.7 Å². The average Bonchev–Trinajstić information content (AvgIpc) is 2.37. The SMILES string of the molecule is CCCCNC(N)=NCc1ccnc(N(C)C)c1.I. The summed E-state index contributed by atoms with van der Waals surface area (Å²) in [4.78, 5) is 10.5. The standard InChI is InChI=1S/C13H23N5.HI/c1-4-5-7-16-13(14)17-10-11-6-8-15-12(9-11)18(2)3;/h6,8-9H,4-5,7,10H2,1-3H3,(H3,14,16,17);1H. The minimum absolute atomic E-state index is 0. The van der Waals surface area contributed by atoms with Gasteiger partial charge in [0.2, 0.25) is 0 Å². The second-order valence-electron chi connectivity index (χ2n) is 4.40. The Labute approximate surface area is 132 Å². The Bertz CT molecular complexity index is 392. The third kappa shape index (κ3) is 7.19. The van der Waals surface area contributed by atoms with E-state index in [1.54, 1.807) is 6.20 Å². The lowest BCUT2D eigenvalue weighted by Gasteiger charge is -2.11. The summed E-state index contributed by atoms with van der Waals surface area (Å²) < 4.78 is 0. The van der Waals surface area contributed by atoms with Gasteiger partial charge in [-0.15, -0.1) is 24.0 Å². The lowest BCUT2D eigenvalue weighted by molar-refractivity contribution is 0.748. The number of rotatable bonds is 6. The second kappa shape index (κ2) is 9.82. The van der Waals surface area contributed by atoms with E-state index in [9.17, 15) is 0 Å². The number of hydrogen-bond acceptors (Lipinski definition) is 3. The lowest BCUT2D eigenvalue weighted by atomic mass is 10.2. The number of hydrogen-bond donors (Lipinski definition) is 2. The number of halogens is 1. The van der Waals surface area contributed by atoms with Gasteiger partial charge in [-0.05, 0) is 24.1 Å². The van der Waals surface area contributed by atoms with Crippen molar-refractivity contribution in [3.8, 4) is 0 Å². The summed E-state index contributed by atoms with van der Waals surface area (Å²) in [6.07, 6.45) is 4.05. The molecule has 6 heteroatoms. The Balaban J connectivity index is 0.00000324. The fourth-order valence-corrected chi connectivity index (χ4v) is 1.43. The van der Waals surface area contributed by atoms with Gasteiger partial charge in [-0.3, -0.25) is 0 Å². The molecule has 108 valence electrons. The molecule has 0 spiro atoms. The summed E-state index contributed by atoms with van der Waals surface area (Å²) in [6.45, 7) is 3.61.